The van der Waals surface area contributed by atoms with E-state index in [0.717, 1.165) is 11.3 Å². The van der Waals surface area contributed by atoms with Crippen molar-refractivity contribution in [3.63, 3.8) is 0 Å². The van der Waals surface area contributed by atoms with E-state index < -0.39 is 5.82 Å². The van der Waals surface area contributed by atoms with Crippen LogP contribution in [0.3, 0.4) is 0 Å². The van der Waals surface area contributed by atoms with Crippen molar-refractivity contribution >= 4 is 46.3 Å². The Labute approximate surface area is 147 Å². The SMILES string of the molecule is Cc1ccc(Cl)cc1Nc1cnnc(Nc2ccc(F)c(Cl)c2)n1. The van der Waals surface area contributed by atoms with E-state index in [1.807, 2.05) is 19.1 Å². The lowest BCUT2D eigenvalue weighted by Gasteiger charge is -2.10. The zero-order valence-corrected chi connectivity index (χ0v) is 14.0. The molecule has 0 bridgehead atoms. The number of nitrogens with zero attached hydrogens (tertiary/aromatic N) is 3. The van der Waals surface area contributed by atoms with Crippen LogP contribution in [0.5, 0.6) is 0 Å². The van der Waals surface area contributed by atoms with E-state index in [1.54, 1.807) is 6.07 Å². The van der Waals surface area contributed by atoms with Crippen LogP contribution in [-0.4, -0.2) is 15.2 Å². The topological polar surface area (TPSA) is 62.7 Å². The summed E-state index contributed by atoms with van der Waals surface area (Å²) in [5.41, 5.74) is 2.39. The van der Waals surface area contributed by atoms with Crippen LogP contribution in [0.4, 0.5) is 27.5 Å². The van der Waals surface area contributed by atoms with Gasteiger partial charge in [-0.2, -0.15) is 10.1 Å². The summed E-state index contributed by atoms with van der Waals surface area (Å²) in [7, 11) is 0. The summed E-state index contributed by atoms with van der Waals surface area (Å²) < 4.78 is 13.2. The van der Waals surface area contributed by atoms with Gasteiger partial charge >= 0.3 is 0 Å². The summed E-state index contributed by atoms with van der Waals surface area (Å²) in [5, 5.41) is 14.5. The summed E-state index contributed by atoms with van der Waals surface area (Å²) in [6.45, 7) is 1.95. The van der Waals surface area contributed by atoms with E-state index in [0.29, 0.717) is 16.5 Å². The first-order chi connectivity index (χ1) is 11.5. The number of rotatable bonds is 4. The standard InChI is InChI=1S/C16H12Cl2FN5/c1-9-2-3-10(17)6-14(9)22-15-8-20-24-16(23-15)21-11-4-5-13(19)12(18)7-11/h2-8H,1H3,(H2,21,22,23,24). The van der Waals surface area contributed by atoms with Crippen LogP contribution >= 0.6 is 23.2 Å². The van der Waals surface area contributed by atoms with Gasteiger partial charge in [0.15, 0.2) is 5.82 Å². The molecule has 0 saturated carbocycles. The van der Waals surface area contributed by atoms with Gasteiger partial charge in [0.25, 0.3) is 0 Å². The van der Waals surface area contributed by atoms with Crippen molar-refractivity contribution in [2.24, 2.45) is 0 Å². The summed E-state index contributed by atoms with van der Waals surface area (Å²) in [4.78, 5) is 4.31. The van der Waals surface area contributed by atoms with Gasteiger partial charge in [-0.05, 0) is 42.8 Å². The molecule has 1 aromatic heterocycles. The van der Waals surface area contributed by atoms with Gasteiger partial charge in [-0.1, -0.05) is 29.3 Å². The van der Waals surface area contributed by atoms with Gasteiger partial charge in [-0.3, -0.25) is 0 Å². The van der Waals surface area contributed by atoms with Gasteiger partial charge < -0.3 is 10.6 Å². The molecular formula is C16H12Cl2FN5. The number of hydrogen-bond acceptors (Lipinski definition) is 5. The molecule has 122 valence electrons. The van der Waals surface area contributed by atoms with E-state index in [4.69, 9.17) is 23.2 Å². The minimum atomic E-state index is -0.492. The molecular weight excluding hydrogens is 352 g/mol. The molecule has 3 rings (SSSR count). The monoisotopic (exact) mass is 363 g/mol. The van der Waals surface area contributed by atoms with Crippen molar-refractivity contribution in [2.75, 3.05) is 10.6 Å². The van der Waals surface area contributed by atoms with E-state index in [2.05, 4.69) is 25.8 Å². The molecule has 0 unspecified atom stereocenters. The van der Waals surface area contributed by atoms with E-state index in [-0.39, 0.29) is 11.0 Å². The van der Waals surface area contributed by atoms with E-state index >= 15 is 0 Å². The molecule has 3 aromatic rings. The normalized spacial score (nSPS) is 10.5. The van der Waals surface area contributed by atoms with Gasteiger partial charge in [-0.15, -0.1) is 5.10 Å². The van der Waals surface area contributed by atoms with Crippen molar-refractivity contribution in [1.82, 2.24) is 15.2 Å². The van der Waals surface area contributed by atoms with Gasteiger partial charge in [0.1, 0.15) is 5.82 Å². The maximum atomic E-state index is 13.2. The fourth-order valence-corrected chi connectivity index (χ4v) is 2.34. The van der Waals surface area contributed by atoms with Crippen LogP contribution in [-0.2, 0) is 0 Å². The van der Waals surface area contributed by atoms with Gasteiger partial charge in [0.2, 0.25) is 5.95 Å². The zero-order valence-electron chi connectivity index (χ0n) is 12.5. The summed E-state index contributed by atoms with van der Waals surface area (Å²) in [6.07, 6.45) is 1.49. The molecule has 0 saturated heterocycles. The number of anilines is 4. The van der Waals surface area contributed by atoms with Crippen molar-refractivity contribution < 1.29 is 4.39 Å². The average molecular weight is 364 g/mol. The number of hydrogen-bond donors (Lipinski definition) is 2. The Morgan fingerprint density at radius 2 is 1.88 bits per heavy atom. The zero-order chi connectivity index (χ0) is 17.1. The highest BCUT2D eigenvalue weighted by atomic mass is 35.5. The quantitative estimate of drug-likeness (QED) is 0.673. The van der Waals surface area contributed by atoms with Gasteiger partial charge in [0, 0.05) is 16.4 Å². The van der Waals surface area contributed by atoms with Crippen LogP contribution in [0.25, 0.3) is 0 Å². The molecule has 0 atom stereocenters. The number of halogens is 3. The molecule has 0 aliphatic rings. The maximum absolute atomic E-state index is 13.2. The molecule has 0 amide bonds. The number of benzene rings is 2. The summed E-state index contributed by atoms with van der Waals surface area (Å²) >= 11 is 11.8. The Balaban J connectivity index is 1.81. The third-order valence-corrected chi connectivity index (χ3v) is 3.72. The highest BCUT2D eigenvalue weighted by molar-refractivity contribution is 6.31. The van der Waals surface area contributed by atoms with Crippen molar-refractivity contribution in [2.45, 2.75) is 6.92 Å². The highest BCUT2D eigenvalue weighted by Crippen LogP contribution is 2.24. The number of aryl methyl sites for hydroxylation is 1. The average Bonchev–Trinajstić information content (AvgIpc) is 2.55. The molecule has 0 radical (unpaired) electrons. The molecule has 8 heteroatoms. The summed E-state index contributed by atoms with van der Waals surface area (Å²) in [5.74, 6) is 0.251. The molecule has 2 N–H and O–H groups in total. The minimum Gasteiger partial charge on any atom is -0.339 e. The van der Waals surface area contributed by atoms with E-state index in [1.165, 1.54) is 24.4 Å². The highest BCUT2D eigenvalue weighted by Gasteiger charge is 2.06. The second-order valence-corrected chi connectivity index (χ2v) is 5.85. The first-order valence-corrected chi connectivity index (χ1v) is 7.72. The Kier molecular flexibility index (Phi) is 4.78. The summed E-state index contributed by atoms with van der Waals surface area (Å²) in [6, 6.07) is 9.75. The van der Waals surface area contributed by atoms with Crippen molar-refractivity contribution in [3.05, 3.63) is 64.0 Å². The van der Waals surface area contributed by atoms with Crippen LogP contribution in [0.15, 0.2) is 42.6 Å². The van der Waals surface area contributed by atoms with Crippen LogP contribution in [0.1, 0.15) is 5.56 Å². The lowest BCUT2D eigenvalue weighted by Crippen LogP contribution is -2.03. The predicted molar refractivity (Wildman–Crippen MR) is 94.0 cm³/mol. The first-order valence-electron chi connectivity index (χ1n) is 6.96. The largest absolute Gasteiger partial charge is 0.339 e. The molecule has 24 heavy (non-hydrogen) atoms. The lowest BCUT2D eigenvalue weighted by molar-refractivity contribution is 0.628. The van der Waals surface area contributed by atoms with Crippen LogP contribution in [0.2, 0.25) is 10.0 Å². The third kappa shape index (κ3) is 3.90. The van der Waals surface area contributed by atoms with Crippen LogP contribution < -0.4 is 10.6 Å². The second kappa shape index (κ2) is 6.98. The molecule has 0 fully saturated rings. The van der Waals surface area contributed by atoms with Crippen LogP contribution in [0, 0.1) is 12.7 Å². The first kappa shape index (κ1) is 16.4. The lowest BCUT2D eigenvalue weighted by atomic mass is 10.2. The molecule has 1 heterocycles. The molecule has 0 aliphatic heterocycles. The molecule has 0 spiro atoms. The Morgan fingerprint density at radius 1 is 1.04 bits per heavy atom. The minimum absolute atomic E-state index is 0.0109. The van der Waals surface area contributed by atoms with Gasteiger partial charge in [-0.25, -0.2) is 4.39 Å². The molecule has 5 nitrogen and oxygen atoms in total. The van der Waals surface area contributed by atoms with Gasteiger partial charge in [0.05, 0.1) is 11.2 Å². The molecule has 0 aliphatic carbocycles. The third-order valence-electron chi connectivity index (χ3n) is 3.20. The van der Waals surface area contributed by atoms with Crippen molar-refractivity contribution in [1.29, 1.82) is 0 Å². The van der Waals surface area contributed by atoms with E-state index in [9.17, 15) is 4.39 Å². The smallest absolute Gasteiger partial charge is 0.249 e. The fourth-order valence-electron chi connectivity index (χ4n) is 1.99. The van der Waals surface area contributed by atoms with Crippen molar-refractivity contribution in [3.8, 4) is 0 Å². The number of nitrogens with one attached hydrogen (secondary N) is 2. The fraction of sp³-hybridized carbons (Fsp3) is 0.0625. The number of aromatic nitrogens is 3. The Hall–Kier alpha value is -2.44. The Morgan fingerprint density at radius 3 is 2.67 bits per heavy atom. The predicted octanol–water partition coefficient (Wildman–Crippen LogP) is 5.11. The Bertz CT molecular complexity index is 888. The maximum Gasteiger partial charge on any atom is 0.249 e. The molecule has 2 aromatic carbocycles. The second-order valence-electron chi connectivity index (χ2n) is 5.00.